The van der Waals surface area contributed by atoms with Gasteiger partial charge in [0.25, 0.3) is 0 Å². The molecule has 0 radical (unpaired) electrons. The molecule has 0 saturated carbocycles. The summed E-state index contributed by atoms with van der Waals surface area (Å²) in [6.07, 6.45) is 1.11. The molecule has 0 heterocycles. The number of aryl methyl sites for hydroxylation is 2. The first-order valence-electron chi connectivity index (χ1n) is 7.68. The first-order chi connectivity index (χ1) is 10.8. The van der Waals surface area contributed by atoms with Crippen LogP contribution < -0.4 is 10.6 Å². The molecule has 0 amide bonds. The Hall–Kier alpha value is -1.91. The molecule has 3 aromatic carbocycles. The minimum absolute atomic E-state index is 0.360. The summed E-state index contributed by atoms with van der Waals surface area (Å²) in [6, 6.07) is 28.5. The summed E-state index contributed by atoms with van der Waals surface area (Å²) in [5, 5.41) is 2.90. The molecule has 0 bridgehead atoms. The van der Waals surface area contributed by atoms with Crippen molar-refractivity contribution in [1.82, 2.24) is 0 Å². The Balaban J connectivity index is 2.03. The monoisotopic (exact) mass is 304 g/mol. The van der Waals surface area contributed by atoms with E-state index in [1.165, 1.54) is 27.3 Å². The Morgan fingerprint density at radius 3 is 1.50 bits per heavy atom. The third kappa shape index (κ3) is 3.29. The van der Waals surface area contributed by atoms with E-state index >= 15 is 0 Å². The molecule has 0 spiro atoms. The molecular weight excluding hydrogens is 283 g/mol. The smallest absolute Gasteiger partial charge is 0.00127 e. The summed E-state index contributed by atoms with van der Waals surface area (Å²) >= 11 is 0. The van der Waals surface area contributed by atoms with E-state index in [1.807, 2.05) is 0 Å². The van der Waals surface area contributed by atoms with Crippen molar-refractivity contribution in [3.05, 3.63) is 95.6 Å². The zero-order valence-electron chi connectivity index (χ0n) is 13.2. The zero-order chi connectivity index (χ0) is 15.4. The van der Waals surface area contributed by atoms with E-state index in [9.17, 15) is 0 Å². The van der Waals surface area contributed by atoms with E-state index in [-0.39, 0.29) is 7.92 Å². The third-order valence-corrected chi connectivity index (χ3v) is 6.57. The van der Waals surface area contributed by atoms with E-state index in [1.54, 1.807) is 0 Å². The van der Waals surface area contributed by atoms with Crippen molar-refractivity contribution in [2.75, 3.05) is 0 Å². The number of hydrogen-bond donors (Lipinski definition) is 0. The predicted octanol–water partition coefficient (Wildman–Crippen LogP) is 4.94. The third-order valence-electron chi connectivity index (χ3n) is 4.10. The van der Waals surface area contributed by atoms with E-state index in [0.717, 1.165) is 6.16 Å². The first kappa shape index (κ1) is 15.0. The Bertz CT molecular complexity index is 673. The van der Waals surface area contributed by atoms with Crippen LogP contribution in [-0.4, -0.2) is 0 Å². The molecule has 0 N–H and O–H groups in total. The van der Waals surface area contributed by atoms with Crippen LogP contribution in [0.25, 0.3) is 0 Å². The van der Waals surface area contributed by atoms with Crippen LogP contribution in [-0.2, 0) is 6.16 Å². The van der Waals surface area contributed by atoms with Crippen LogP contribution >= 0.6 is 7.92 Å². The van der Waals surface area contributed by atoms with Crippen LogP contribution in [0.2, 0.25) is 0 Å². The quantitative estimate of drug-likeness (QED) is 0.599. The lowest BCUT2D eigenvalue weighted by Crippen LogP contribution is -2.13. The van der Waals surface area contributed by atoms with Gasteiger partial charge in [-0.3, -0.25) is 0 Å². The molecule has 0 fully saturated rings. The first-order valence-corrected chi connectivity index (χ1v) is 9.21. The van der Waals surface area contributed by atoms with E-state index in [2.05, 4.69) is 92.7 Å². The highest BCUT2D eigenvalue weighted by Crippen LogP contribution is 2.39. The van der Waals surface area contributed by atoms with Gasteiger partial charge in [-0.05, 0) is 49.1 Å². The van der Waals surface area contributed by atoms with Crippen LogP contribution in [0, 0.1) is 13.8 Å². The predicted molar refractivity (Wildman–Crippen MR) is 98.7 cm³/mol. The molecule has 110 valence electrons. The molecule has 0 aliphatic heterocycles. The Morgan fingerprint density at radius 2 is 1.05 bits per heavy atom. The molecule has 1 heteroatoms. The van der Waals surface area contributed by atoms with Gasteiger partial charge in [0.15, 0.2) is 0 Å². The van der Waals surface area contributed by atoms with Gasteiger partial charge in [-0.25, -0.2) is 0 Å². The van der Waals surface area contributed by atoms with Gasteiger partial charge in [0.1, 0.15) is 0 Å². The highest BCUT2D eigenvalue weighted by Gasteiger charge is 2.16. The maximum absolute atomic E-state index is 2.27. The minimum Gasteiger partial charge on any atom is -0.0622 e. The van der Waals surface area contributed by atoms with Crippen molar-refractivity contribution in [3.63, 3.8) is 0 Å². The Labute approximate surface area is 134 Å². The van der Waals surface area contributed by atoms with E-state index in [0.29, 0.717) is 0 Å². The van der Waals surface area contributed by atoms with Gasteiger partial charge < -0.3 is 0 Å². The standard InChI is InChI=1S/C21H21P/c1-17-10-9-11-18(2)21(17)16-22(19-12-5-3-6-13-19)20-14-7-4-8-15-20/h3-15H,16H2,1-2H3. The average molecular weight is 304 g/mol. The molecule has 0 nitrogen and oxygen atoms in total. The van der Waals surface area contributed by atoms with Crippen LogP contribution in [0.3, 0.4) is 0 Å². The second-order valence-electron chi connectivity index (χ2n) is 5.63. The molecule has 0 unspecified atom stereocenters. The molecule has 0 aromatic heterocycles. The second-order valence-corrected chi connectivity index (χ2v) is 7.83. The number of benzene rings is 3. The number of rotatable bonds is 4. The van der Waals surface area contributed by atoms with Crippen LogP contribution in [0.1, 0.15) is 16.7 Å². The largest absolute Gasteiger partial charge is 0.0622 e. The molecular formula is C21H21P. The van der Waals surface area contributed by atoms with Crippen LogP contribution in [0.15, 0.2) is 78.9 Å². The average Bonchev–Trinajstić information content (AvgIpc) is 2.56. The van der Waals surface area contributed by atoms with E-state index < -0.39 is 0 Å². The summed E-state index contributed by atoms with van der Waals surface area (Å²) in [5.41, 5.74) is 4.31. The van der Waals surface area contributed by atoms with Crippen molar-refractivity contribution in [3.8, 4) is 0 Å². The zero-order valence-corrected chi connectivity index (χ0v) is 14.1. The summed E-state index contributed by atoms with van der Waals surface area (Å²) in [4.78, 5) is 0. The molecule has 0 atom stereocenters. The van der Waals surface area contributed by atoms with E-state index in [4.69, 9.17) is 0 Å². The molecule has 0 aliphatic carbocycles. The van der Waals surface area contributed by atoms with Gasteiger partial charge >= 0.3 is 0 Å². The molecule has 3 rings (SSSR count). The van der Waals surface area contributed by atoms with Gasteiger partial charge in [0.2, 0.25) is 0 Å². The fraction of sp³-hybridized carbons (Fsp3) is 0.143. The van der Waals surface area contributed by atoms with Gasteiger partial charge in [-0.1, -0.05) is 78.9 Å². The molecule has 0 aliphatic rings. The Morgan fingerprint density at radius 1 is 0.591 bits per heavy atom. The molecule has 3 aromatic rings. The molecule has 0 saturated heterocycles. The fourth-order valence-electron chi connectivity index (χ4n) is 2.80. The van der Waals surface area contributed by atoms with Crippen molar-refractivity contribution in [2.24, 2.45) is 0 Å². The topological polar surface area (TPSA) is 0 Å². The molecule has 22 heavy (non-hydrogen) atoms. The van der Waals surface area contributed by atoms with Gasteiger partial charge in [-0.2, -0.15) is 0 Å². The van der Waals surface area contributed by atoms with Gasteiger partial charge in [0, 0.05) is 6.16 Å². The van der Waals surface area contributed by atoms with Crippen LogP contribution in [0.5, 0.6) is 0 Å². The normalized spacial score (nSPS) is 10.9. The van der Waals surface area contributed by atoms with Crippen molar-refractivity contribution in [2.45, 2.75) is 20.0 Å². The SMILES string of the molecule is Cc1cccc(C)c1CP(c1ccccc1)c1ccccc1. The van der Waals surface area contributed by atoms with Crippen LogP contribution in [0.4, 0.5) is 0 Å². The lowest BCUT2D eigenvalue weighted by Gasteiger charge is -2.21. The summed E-state index contributed by atoms with van der Waals surface area (Å²) in [6.45, 7) is 4.46. The van der Waals surface area contributed by atoms with Gasteiger partial charge in [-0.15, -0.1) is 0 Å². The fourth-order valence-corrected chi connectivity index (χ4v) is 5.35. The maximum Gasteiger partial charge on any atom is 0.00127 e. The lowest BCUT2D eigenvalue weighted by molar-refractivity contribution is 1.23. The highest BCUT2D eigenvalue weighted by molar-refractivity contribution is 7.72. The van der Waals surface area contributed by atoms with Crippen molar-refractivity contribution >= 4 is 18.5 Å². The highest BCUT2D eigenvalue weighted by atomic mass is 31.1. The summed E-state index contributed by atoms with van der Waals surface area (Å²) in [7, 11) is -0.360. The summed E-state index contributed by atoms with van der Waals surface area (Å²) in [5.74, 6) is 0. The Kier molecular flexibility index (Phi) is 4.71. The van der Waals surface area contributed by atoms with Gasteiger partial charge in [0.05, 0.1) is 0 Å². The number of hydrogen-bond acceptors (Lipinski definition) is 0. The second kappa shape index (κ2) is 6.90. The maximum atomic E-state index is 2.27. The lowest BCUT2D eigenvalue weighted by atomic mass is 10.1. The summed E-state index contributed by atoms with van der Waals surface area (Å²) < 4.78 is 0. The minimum atomic E-state index is -0.360. The van der Waals surface area contributed by atoms with Crippen molar-refractivity contribution < 1.29 is 0 Å². The van der Waals surface area contributed by atoms with Crippen molar-refractivity contribution in [1.29, 1.82) is 0 Å².